The zero-order chi connectivity index (χ0) is 29.0. The standard InChI is InChI=1S/C31H18F8O/c1-2-3-4-18-6-11-23(26(33)13-18)21-9-12-24(27(34)16-21)31(38,39)40-22-10-8-20(25(32)17-22)7-5-19-14-28(35)30(37)29(36)15-19/h2,6,8-17H,1,3-4H2. The van der Waals surface area contributed by atoms with Gasteiger partial charge in [0.2, 0.25) is 0 Å². The van der Waals surface area contributed by atoms with Gasteiger partial charge in [0, 0.05) is 17.2 Å². The monoisotopic (exact) mass is 558 g/mol. The molecule has 0 aromatic heterocycles. The lowest BCUT2D eigenvalue weighted by Gasteiger charge is -2.19. The Labute approximate surface area is 224 Å². The van der Waals surface area contributed by atoms with Crippen LogP contribution in [-0.2, 0) is 12.5 Å². The molecule has 0 heterocycles. The van der Waals surface area contributed by atoms with Crippen molar-refractivity contribution in [3.05, 3.63) is 137 Å². The van der Waals surface area contributed by atoms with Gasteiger partial charge in [0.05, 0.1) is 11.1 Å². The van der Waals surface area contributed by atoms with Crippen LogP contribution in [0.25, 0.3) is 11.1 Å². The Morgan fingerprint density at radius 1 is 0.725 bits per heavy atom. The second kappa shape index (κ2) is 11.7. The van der Waals surface area contributed by atoms with Gasteiger partial charge in [-0.1, -0.05) is 36.1 Å². The molecule has 4 aromatic carbocycles. The third-order valence-electron chi connectivity index (χ3n) is 5.78. The highest BCUT2D eigenvalue weighted by molar-refractivity contribution is 5.65. The quantitative estimate of drug-likeness (QED) is 0.0953. The second-order valence-electron chi connectivity index (χ2n) is 8.60. The maximum Gasteiger partial charge on any atom is 0.429 e. The molecule has 0 fully saturated rings. The fourth-order valence-corrected chi connectivity index (χ4v) is 3.77. The zero-order valence-corrected chi connectivity index (χ0v) is 20.5. The van der Waals surface area contributed by atoms with E-state index in [0.717, 1.165) is 30.3 Å². The fourth-order valence-electron chi connectivity index (χ4n) is 3.77. The number of hydrogen-bond acceptors (Lipinski definition) is 1. The molecule has 0 aliphatic rings. The number of ether oxygens (including phenoxy) is 1. The third-order valence-corrected chi connectivity index (χ3v) is 5.78. The van der Waals surface area contributed by atoms with E-state index >= 15 is 0 Å². The van der Waals surface area contributed by atoms with Crippen molar-refractivity contribution in [2.45, 2.75) is 19.0 Å². The van der Waals surface area contributed by atoms with Crippen molar-refractivity contribution in [1.82, 2.24) is 0 Å². The van der Waals surface area contributed by atoms with Crippen molar-refractivity contribution >= 4 is 0 Å². The highest BCUT2D eigenvalue weighted by Gasteiger charge is 2.38. The first-order chi connectivity index (χ1) is 19.0. The van der Waals surface area contributed by atoms with Gasteiger partial charge < -0.3 is 4.74 Å². The van der Waals surface area contributed by atoms with Crippen molar-refractivity contribution in [3.63, 3.8) is 0 Å². The van der Waals surface area contributed by atoms with Crippen molar-refractivity contribution in [2.75, 3.05) is 0 Å². The molecule has 0 N–H and O–H groups in total. The molecule has 0 spiro atoms. The lowest BCUT2D eigenvalue weighted by Crippen LogP contribution is -2.23. The van der Waals surface area contributed by atoms with E-state index in [2.05, 4.69) is 23.2 Å². The van der Waals surface area contributed by atoms with Crippen LogP contribution in [0.2, 0.25) is 0 Å². The Kier molecular flexibility index (Phi) is 8.29. The minimum absolute atomic E-state index is 0.0157. The molecule has 0 saturated heterocycles. The topological polar surface area (TPSA) is 9.23 Å². The Balaban J connectivity index is 1.53. The molecule has 0 bridgehead atoms. The van der Waals surface area contributed by atoms with Crippen molar-refractivity contribution < 1.29 is 39.9 Å². The van der Waals surface area contributed by atoms with Crippen molar-refractivity contribution in [3.8, 4) is 28.7 Å². The van der Waals surface area contributed by atoms with E-state index in [1.54, 1.807) is 12.1 Å². The molecule has 4 rings (SSSR count). The van der Waals surface area contributed by atoms with Gasteiger partial charge in [-0.05, 0) is 66.4 Å². The summed E-state index contributed by atoms with van der Waals surface area (Å²) in [6.45, 7) is 3.60. The van der Waals surface area contributed by atoms with Crippen LogP contribution in [0.4, 0.5) is 35.1 Å². The molecule has 0 aliphatic heterocycles. The van der Waals surface area contributed by atoms with Crippen molar-refractivity contribution in [2.24, 2.45) is 0 Å². The lowest BCUT2D eigenvalue weighted by atomic mass is 9.99. The summed E-state index contributed by atoms with van der Waals surface area (Å²) in [6, 6.07) is 10.6. The van der Waals surface area contributed by atoms with Crippen molar-refractivity contribution in [1.29, 1.82) is 0 Å². The highest BCUT2D eigenvalue weighted by Crippen LogP contribution is 2.36. The third kappa shape index (κ3) is 6.34. The smallest absolute Gasteiger partial charge is 0.429 e. The van der Waals surface area contributed by atoms with Gasteiger partial charge in [-0.15, -0.1) is 6.58 Å². The summed E-state index contributed by atoms with van der Waals surface area (Å²) >= 11 is 0. The van der Waals surface area contributed by atoms with E-state index in [-0.39, 0.29) is 22.3 Å². The van der Waals surface area contributed by atoms with Gasteiger partial charge in [0.15, 0.2) is 17.5 Å². The summed E-state index contributed by atoms with van der Waals surface area (Å²) in [7, 11) is 0. The molecule has 40 heavy (non-hydrogen) atoms. The number of aryl methyl sites for hydroxylation is 1. The van der Waals surface area contributed by atoms with E-state index in [1.807, 2.05) is 0 Å². The number of rotatable bonds is 7. The van der Waals surface area contributed by atoms with Crippen LogP contribution in [0.15, 0.2) is 79.4 Å². The number of allylic oxidation sites excluding steroid dienone is 1. The minimum atomic E-state index is -4.24. The maximum atomic E-state index is 14.8. The highest BCUT2D eigenvalue weighted by atomic mass is 19.3. The Morgan fingerprint density at radius 3 is 2.08 bits per heavy atom. The van der Waals surface area contributed by atoms with E-state index in [4.69, 9.17) is 0 Å². The van der Waals surface area contributed by atoms with Crippen LogP contribution in [0.1, 0.15) is 28.7 Å². The molecular formula is C31H18F8O. The molecule has 204 valence electrons. The average Bonchev–Trinajstić information content (AvgIpc) is 2.89. The number of halogens is 8. The summed E-state index contributed by atoms with van der Waals surface area (Å²) in [5, 5.41) is 0. The summed E-state index contributed by atoms with van der Waals surface area (Å²) in [4.78, 5) is 0. The first kappa shape index (κ1) is 28.4. The molecule has 4 aromatic rings. The molecule has 0 aliphatic carbocycles. The van der Waals surface area contributed by atoms with Gasteiger partial charge in [-0.25, -0.2) is 26.3 Å². The Bertz CT molecular complexity index is 1630. The number of hydrogen-bond donors (Lipinski definition) is 0. The van der Waals surface area contributed by atoms with E-state index in [0.29, 0.717) is 36.6 Å². The minimum Gasteiger partial charge on any atom is -0.429 e. The lowest BCUT2D eigenvalue weighted by molar-refractivity contribution is -0.187. The van der Waals surface area contributed by atoms with Crippen LogP contribution in [0.3, 0.4) is 0 Å². The van der Waals surface area contributed by atoms with Crippen LogP contribution in [-0.4, -0.2) is 0 Å². The van der Waals surface area contributed by atoms with Crippen LogP contribution in [0.5, 0.6) is 5.75 Å². The number of benzene rings is 4. The van der Waals surface area contributed by atoms with Gasteiger partial charge in [-0.2, -0.15) is 8.78 Å². The van der Waals surface area contributed by atoms with Gasteiger partial charge in [0.1, 0.15) is 23.2 Å². The summed E-state index contributed by atoms with van der Waals surface area (Å²) in [6.07, 6.45) is -1.37. The molecule has 0 atom stereocenters. The van der Waals surface area contributed by atoms with Crippen LogP contribution < -0.4 is 4.74 Å². The second-order valence-corrected chi connectivity index (χ2v) is 8.60. The summed E-state index contributed by atoms with van der Waals surface area (Å²) in [5.74, 6) is -3.98. The van der Waals surface area contributed by atoms with E-state index in [9.17, 15) is 35.1 Å². The SMILES string of the molecule is C=CCCc1ccc(-c2ccc(C(F)(F)Oc3ccc(C#Cc4cc(F)c(F)c(F)c4)c(F)c3)c(F)c2)c(F)c1. The normalized spacial score (nSPS) is 11.1. The van der Waals surface area contributed by atoms with Gasteiger partial charge in [-0.3, -0.25) is 0 Å². The van der Waals surface area contributed by atoms with Gasteiger partial charge in [0.25, 0.3) is 0 Å². The Hall–Kier alpha value is -4.58. The fraction of sp³-hybridized carbons (Fsp3) is 0.0968. The predicted octanol–water partition coefficient (Wildman–Crippen LogP) is 8.83. The molecule has 0 amide bonds. The van der Waals surface area contributed by atoms with Gasteiger partial charge >= 0.3 is 6.11 Å². The Morgan fingerprint density at radius 2 is 1.45 bits per heavy atom. The molecule has 1 nitrogen and oxygen atoms in total. The van der Waals surface area contributed by atoms with E-state index < -0.39 is 52.3 Å². The summed E-state index contributed by atoms with van der Waals surface area (Å²) in [5.41, 5.74) is -1.05. The molecule has 9 heteroatoms. The maximum absolute atomic E-state index is 14.8. The molecule has 0 saturated carbocycles. The molecular weight excluding hydrogens is 540 g/mol. The predicted molar refractivity (Wildman–Crippen MR) is 134 cm³/mol. The van der Waals surface area contributed by atoms with Crippen LogP contribution >= 0.6 is 0 Å². The van der Waals surface area contributed by atoms with Crippen LogP contribution in [0, 0.1) is 46.7 Å². The number of alkyl halides is 2. The first-order valence-corrected chi connectivity index (χ1v) is 11.7. The largest absolute Gasteiger partial charge is 0.429 e. The zero-order valence-electron chi connectivity index (χ0n) is 20.5. The first-order valence-electron chi connectivity index (χ1n) is 11.7. The average molecular weight is 558 g/mol. The van der Waals surface area contributed by atoms with E-state index in [1.165, 1.54) is 12.1 Å². The summed E-state index contributed by atoms with van der Waals surface area (Å²) < 4.78 is 118. The molecule has 0 radical (unpaired) electrons. The molecule has 0 unspecified atom stereocenters.